The Morgan fingerprint density at radius 3 is 2.19 bits per heavy atom. The van der Waals surface area contributed by atoms with Crippen molar-refractivity contribution in [2.24, 2.45) is 0 Å². The molecule has 0 spiro atoms. The third-order valence-electron chi connectivity index (χ3n) is 3.84. The Morgan fingerprint density at radius 1 is 0.938 bits per heavy atom. The SMILES string of the molecule is Cc1nc(OC2CCCC2)c(C)c(C)c1C. The van der Waals surface area contributed by atoms with Crippen molar-refractivity contribution in [1.29, 1.82) is 0 Å². The smallest absolute Gasteiger partial charge is 0.217 e. The molecule has 88 valence electrons. The first-order chi connectivity index (χ1) is 7.59. The van der Waals surface area contributed by atoms with Crippen LogP contribution in [-0.4, -0.2) is 11.1 Å². The minimum absolute atomic E-state index is 0.396. The van der Waals surface area contributed by atoms with Gasteiger partial charge in [0, 0.05) is 11.3 Å². The molecule has 2 nitrogen and oxygen atoms in total. The van der Waals surface area contributed by atoms with Gasteiger partial charge in [-0.1, -0.05) is 0 Å². The monoisotopic (exact) mass is 219 g/mol. The summed E-state index contributed by atoms with van der Waals surface area (Å²) < 4.78 is 6.01. The summed E-state index contributed by atoms with van der Waals surface area (Å²) in [5.74, 6) is 0.854. The molecule has 0 aromatic carbocycles. The summed E-state index contributed by atoms with van der Waals surface area (Å²) in [7, 11) is 0. The van der Waals surface area contributed by atoms with Crippen molar-refractivity contribution < 1.29 is 4.74 Å². The van der Waals surface area contributed by atoms with Crippen LogP contribution < -0.4 is 4.74 Å². The largest absolute Gasteiger partial charge is 0.474 e. The summed E-state index contributed by atoms with van der Waals surface area (Å²) in [6.45, 7) is 8.45. The maximum Gasteiger partial charge on any atom is 0.217 e. The third kappa shape index (κ3) is 2.06. The summed E-state index contributed by atoms with van der Waals surface area (Å²) in [4.78, 5) is 4.57. The summed E-state index contributed by atoms with van der Waals surface area (Å²) in [6.07, 6.45) is 5.37. The van der Waals surface area contributed by atoms with Crippen molar-refractivity contribution in [2.45, 2.75) is 59.5 Å². The maximum absolute atomic E-state index is 6.01. The predicted octanol–water partition coefficient (Wildman–Crippen LogP) is 3.64. The van der Waals surface area contributed by atoms with Crippen LogP contribution in [0.4, 0.5) is 0 Å². The molecule has 0 saturated heterocycles. The van der Waals surface area contributed by atoms with Crippen LogP contribution in [0.5, 0.6) is 5.88 Å². The Bertz CT molecular complexity index is 392. The molecule has 0 aliphatic heterocycles. The molecule has 2 rings (SSSR count). The molecule has 1 aromatic heterocycles. The van der Waals surface area contributed by atoms with Crippen LogP contribution in [0.3, 0.4) is 0 Å². The molecule has 0 atom stereocenters. The third-order valence-corrected chi connectivity index (χ3v) is 3.84. The van der Waals surface area contributed by atoms with E-state index in [2.05, 4.69) is 32.7 Å². The van der Waals surface area contributed by atoms with Crippen molar-refractivity contribution in [3.05, 3.63) is 22.4 Å². The first-order valence-corrected chi connectivity index (χ1v) is 6.20. The minimum atomic E-state index is 0.396. The van der Waals surface area contributed by atoms with Gasteiger partial charge in [0.1, 0.15) is 6.10 Å². The Balaban J connectivity index is 2.26. The average Bonchev–Trinajstić information content (AvgIpc) is 2.76. The van der Waals surface area contributed by atoms with Gasteiger partial charge in [-0.2, -0.15) is 0 Å². The zero-order valence-corrected chi connectivity index (χ0v) is 10.8. The number of aromatic nitrogens is 1. The van der Waals surface area contributed by atoms with Gasteiger partial charge in [-0.05, 0) is 64.5 Å². The van der Waals surface area contributed by atoms with Crippen LogP contribution in [0.2, 0.25) is 0 Å². The number of nitrogens with zero attached hydrogens (tertiary/aromatic N) is 1. The molecule has 1 aliphatic rings. The fourth-order valence-electron chi connectivity index (χ4n) is 2.31. The predicted molar refractivity (Wildman–Crippen MR) is 66.1 cm³/mol. The number of ether oxygens (including phenoxy) is 1. The molecule has 16 heavy (non-hydrogen) atoms. The first-order valence-electron chi connectivity index (χ1n) is 6.20. The summed E-state index contributed by atoms with van der Waals surface area (Å²) in [5.41, 5.74) is 4.91. The standard InChI is InChI=1S/C14H21NO/c1-9-10(2)12(4)15-14(11(9)3)16-13-7-5-6-8-13/h13H,5-8H2,1-4H3. The fraction of sp³-hybridized carbons (Fsp3) is 0.643. The molecule has 1 aromatic rings. The second kappa shape index (κ2) is 4.44. The van der Waals surface area contributed by atoms with E-state index in [0.717, 1.165) is 11.6 Å². The van der Waals surface area contributed by atoms with E-state index in [1.807, 2.05) is 0 Å². The van der Waals surface area contributed by atoms with Gasteiger partial charge >= 0.3 is 0 Å². The van der Waals surface area contributed by atoms with E-state index in [9.17, 15) is 0 Å². The van der Waals surface area contributed by atoms with Crippen LogP contribution in [0.25, 0.3) is 0 Å². The van der Waals surface area contributed by atoms with Gasteiger partial charge in [0.05, 0.1) is 0 Å². The van der Waals surface area contributed by atoms with Gasteiger partial charge in [0.2, 0.25) is 5.88 Å². The lowest BCUT2D eigenvalue weighted by Crippen LogP contribution is -2.14. The minimum Gasteiger partial charge on any atom is -0.474 e. The topological polar surface area (TPSA) is 22.1 Å². The molecule has 0 unspecified atom stereocenters. The van der Waals surface area contributed by atoms with Crippen LogP contribution >= 0.6 is 0 Å². The Morgan fingerprint density at radius 2 is 1.56 bits per heavy atom. The summed E-state index contributed by atoms with van der Waals surface area (Å²) in [5, 5.41) is 0. The van der Waals surface area contributed by atoms with E-state index in [-0.39, 0.29) is 0 Å². The lowest BCUT2D eigenvalue weighted by atomic mass is 10.0. The molecule has 1 heterocycles. The highest BCUT2D eigenvalue weighted by atomic mass is 16.5. The second-order valence-corrected chi connectivity index (χ2v) is 4.90. The molecule has 0 amide bonds. The molecular formula is C14H21NO. The number of hydrogen-bond donors (Lipinski definition) is 0. The molecule has 0 N–H and O–H groups in total. The van der Waals surface area contributed by atoms with Crippen molar-refractivity contribution in [2.75, 3.05) is 0 Å². The molecular weight excluding hydrogens is 198 g/mol. The van der Waals surface area contributed by atoms with Gasteiger partial charge < -0.3 is 4.74 Å². The highest BCUT2D eigenvalue weighted by molar-refractivity contribution is 5.40. The Kier molecular flexibility index (Phi) is 3.17. The van der Waals surface area contributed by atoms with Gasteiger partial charge in [-0.15, -0.1) is 0 Å². The number of hydrogen-bond acceptors (Lipinski definition) is 2. The summed E-state index contributed by atoms with van der Waals surface area (Å²) >= 11 is 0. The van der Waals surface area contributed by atoms with Crippen molar-refractivity contribution >= 4 is 0 Å². The van der Waals surface area contributed by atoms with Gasteiger partial charge in [0.25, 0.3) is 0 Å². The second-order valence-electron chi connectivity index (χ2n) is 4.90. The highest BCUT2D eigenvalue weighted by Gasteiger charge is 2.19. The molecule has 0 radical (unpaired) electrons. The van der Waals surface area contributed by atoms with Crippen LogP contribution in [0.15, 0.2) is 0 Å². The molecule has 1 saturated carbocycles. The van der Waals surface area contributed by atoms with E-state index >= 15 is 0 Å². The lowest BCUT2D eigenvalue weighted by Gasteiger charge is -2.17. The summed E-state index contributed by atoms with van der Waals surface area (Å²) in [6, 6.07) is 0. The van der Waals surface area contributed by atoms with Gasteiger partial charge in [-0.25, -0.2) is 4.98 Å². The zero-order chi connectivity index (χ0) is 11.7. The number of aryl methyl sites for hydroxylation is 1. The van der Waals surface area contributed by atoms with Gasteiger partial charge in [-0.3, -0.25) is 0 Å². The molecule has 0 bridgehead atoms. The van der Waals surface area contributed by atoms with Crippen LogP contribution in [-0.2, 0) is 0 Å². The molecule has 2 heteroatoms. The first kappa shape index (κ1) is 11.4. The van der Waals surface area contributed by atoms with E-state index in [4.69, 9.17) is 4.74 Å². The molecule has 1 fully saturated rings. The fourth-order valence-corrected chi connectivity index (χ4v) is 2.31. The van der Waals surface area contributed by atoms with Crippen LogP contribution in [0, 0.1) is 27.7 Å². The average molecular weight is 219 g/mol. The van der Waals surface area contributed by atoms with Crippen molar-refractivity contribution in [3.8, 4) is 5.88 Å². The van der Waals surface area contributed by atoms with Crippen molar-refractivity contribution in [1.82, 2.24) is 4.98 Å². The zero-order valence-electron chi connectivity index (χ0n) is 10.8. The van der Waals surface area contributed by atoms with Crippen LogP contribution in [0.1, 0.15) is 48.1 Å². The van der Waals surface area contributed by atoms with E-state index in [0.29, 0.717) is 6.10 Å². The Labute approximate surface area is 98.0 Å². The van der Waals surface area contributed by atoms with E-state index < -0.39 is 0 Å². The maximum atomic E-state index is 6.01. The van der Waals surface area contributed by atoms with E-state index in [1.165, 1.54) is 42.4 Å². The van der Waals surface area contributed by atoms with E-state index in [1.54, 1.807) is 0 Å². The molecule has 1 aliphatic carbocycles. The van der Waals surface area contributed by atoms with Gasteiger partial charge in [0.15, 0.2) is 0 Å². The number of pyridine rings is 1. The number of rotatable bonds is 2. The highest BCUT2D eigenvalue weighted by Crippen LogP contribution is 2.28. The quantitative estimate of drug-likeness (QED) is 0.757. The Hall–Kier alpha value is -1.05. The normalized spacial score (nSPS) is 16.8. The van der Waals surface area contributed by atoms with Crippen molar-refractivity contribution in [3.63, 3.8) is 0 Å². The lowest BCUT2D eigenvalue weighted by molar-refractivity contribution is 0.199.